The fourth-order valence-electron chi connectivity index (χ4n) is 2.64. The number of hydrogen-bond donors (Lipinski definition) is 2. The molecule has 1 amide bonds. The molecule has 1 aromatic carbocycles. The molecule has 0 saturated carbocycles. The van der Waals surface area contributed by atoms with E-state index in [0.717, 1.165) is 31.2 Å². The van der Waals surface area contributed by atoms with Gasteiger partial charge in [-0.25, -0.2) is 0 Å². The van der Waals surface area contributed by atoms with E-state index in [1.54, 1.807) is 11.0 Å². The second-order valence-corrected chi connectivity index (χ2v) is 5.27. The molecule has 0 bridgehead atoms. The predicted molar refractivity (Wildman–Crippen MR) is 76.0 cm³/mol. The molecule has 1 heterocycles. The summed E-state index contributed by atoms with van der Waals surface area (Å²) in [7, 11) is 0. The van der Waals surface area contributed by atoms with Crippen LogP contribution in [0.2, 0.25) is 0 Å². The number of benzene rings is 1. The minimum absolute atomic E-state index is 0.0253. The molecule has 104 valence electrons. The Labute approximate surface area is 114 Å². The van der Waals surface area contributed by atoms with Crippen molar-refractivity contribution in [3.63, 3.8) is 0 Å². The maximum atomic E-state index is 12.6. The first-order valence-corrected chi connectivity index (χ1v) is 6.91. The Hall–Kier alpha value is -1.55. The highest BCUT2D eigenvalue weighted by Crippen LogP contribution is 2.22. The van der Waals surface area contributed by atoms with E-state index in [4.69, 9.17) is 5.73 Å². The molecule has 1 aliphatic heterocycles. The molecule has 0 aliphatic carbocycles. The predicted octanol–water partition coefficient (Wildman–Crippen LogP) is 1.95. The zero-order chi connectivity index (χ0) is 13.8. The first-order chi connectivity index (χ1) is 9.13. The van der Waals surface area contributed by atoms with Gasteiger partial charge in [-0.1, -0.05) is 24.5 Å². The number of aliphatic hydroxyl groups excluding tert-OH is 1. The van der Waals surface area contributed by atoms with E-state index in [-0.39, 0.29) is 18.6 Å². The monoisotopic (exact) mass is 262 g/mol. The Kier molecular flexibility index (Phi) is 4.43. The van der Waals surface area contributed by atoms with Gasteiger partial charge in [0.25, 0.3) is 5.91 Å². The quantitative estimate of drug-likeness (QED) is 0.801. The minimum Gasteiger partial charge on any atom is -0.398 e. The van der Waals surface area contributed by atoms with Crippen molar-refractivity contribution >= 4 is 11.6 Å². The van der Waals surface area contributed by atoms with Crippen molar-refractivity contribution in [3.8, 4) is 0 Å². The average Bonchev–Trinajstić information content (AvgIpc) is 2.65. The fraction of sp³-hybridized carbons (Fsp3) is 0.533. The smallest absolute Gasteiger partial charge is 0.256 e. The topological polar surface area (TPSA) is 66.6 Å². The first-order valence-electron chi connectivity index (χ1n) is 6.91. The zero-order valence-electron chi connectivity index (χ0n) is 11.4. The molecule has 0 radical (unpaired) electrons. The Morgan fingerprint density at radius 2 is 2.21 bits per heavy atom. The summed E-state index contributed by atoms with van der Waals surface area (Å²) in [6.45, 7) is 2.68. The van der Waals surface area contributed by atoms with E-state index in [9.17, 15) is 9.90 Å². The van der Waals surface area contributed by atoms with Crippen LogP contribution in [0.1, 0.15) is 41.6 Å². The van der Waals surface area contributed by atoms with Crippen LogP contribution in [-0.4, -0.2) is 35.1 Å². The number of aryl methyl sites for hydroxylation is 1. The largest absolute Gasteiger partial charge is 0.398 e. The number of nitrogens with zero attached hydrogens (tertiary/aromatic N) is 1. The number of aliphatic hydroxyl groups is 1. The summed E-state index contributed by atoms with van der Waals surface area (Å²) >= 11 is 0. The molecule has 1 atom stereocenters. The summed E-state index contributed by atoms with van der Waals surface area (Å²) in [5, 5.41) is 9.48. The molecule has 1 saturated heterocycles. The van der Waals surface area contributed by atoms with Crippen LogP contribution in [-0.2, 0) is 0 Å². The van der Waals surface area contributed by atoms with Gasteiger partial charge in [0, 0.05) is 12.2 Å². The molecule has 1 aliphatic rings. The molecule has 3 N–H and O–H groups in total. The molecule has 4 nitrogen and oxygen atoms in total. The molecule has 0 aromatic heterocycles. The summed E-state index contributed by atoms with van der Waals surface area (Å²) in [6, 6.07) is 5.43. The highest BCUT2D eigenvalue weighted by molar-refractivity contribution is 5.99. The van der Waals surface area contributed by atoms with Crippen LogP contribution >= 0.6 is 0 Å². The number of amides is 1. The van der Waals surface area contributed by atoms with Gasteiger partial charge in [-0.3, -0.25) is 4.79 Å². The Morgan fingerprint density at radius 3 is 2.95 bits per heavy atom. The second-order valence-electron chi connectivity index (χ2n) is 5.27. The third-order valence-corrected chi connectivity index (χ3v) is 3.79. The van der Waals surface area contributed by atoms with Crippen LogP contribution in [0.4, 0.5) is 5.69 Å². The van der Waals surface area contributed by atoms with Gasteiger partial charge in [-0.15, -0.1) is 0 Å². The molecule has 1 fully saturated rings. The summed E-state index contributed by atoms with van der Waals surface area (Å²) < 4.78 is 0. The minimum atomic E-state index is -0.0742. The highest BCUT2D eigenvalue weighted by atomic mass is 16.3. The van der Waals surface area contributed by atoms with E-state index >= 15 is 0 Å². The average molecular weight is 262 g/mol. The van der Waals surface area contributed by atoms with E-state index in [0.29, 0.717) is 17.8 Å². The molecule has 19 heavy (non-hydrogen) atoms. The summed E-state index contributed by atoms with van der Waals surface area (Å²) in [5.41, 5.74) is 8.00. The number of rotatable bonds is 2. The summed E-state index contributed by atoms with van der Waals surface area (Å²) in [4.78, 5) is 14.4. The normalized spacial score (nSPS) is 20.1. The lowest BCUT2D eigenvalue weighted by Crippen LogP contribution is -2.42. The van der Waals surface area contributed by atoms with Gasteiger partial charge in [0.1, 0.15) is 0 Å². The maximum Gasteiger partial charge on any atom is 0.256 e. The number of carbonyl (C=O) groups is 1. The third kappa shape index (κ3) is 3.07. The van der Waals surface area contributed by atoms with E-state index in [1.807, 2.05) is 19.1 Å². The van der Waals surface area contributed by atoms with Gasteiger partial charge in [0.05, 0.1) is 18.2 Å². The zero-order valence-corrected chi connectivity index (χ0v) is 11.4. The van der Waals surface area contributed by atoms with E-state index < -0.39 is 0 Å². The van der Waals surface area contributed by atoms with Crippen LogP contribution in [0.15, 0.2) is 18.2 Å². The maximum absolute atomic E-state index is 12.6. The molecular weight excluding hydrogens is 240 g/mol. The summed E-state index contributed by atoms with van der Waals surface area (Å²) in [5.74, 6) is -0.0536. The number of nitrogen functional groups attached to an aromatic ring is 1. The van der Waals surface area contributed by atoms with Crippen LogP contribution in [0.5, 0.6) is 0 Å². The molecule has 2 rings (SSSR count). The molecule has 1 unspecified atom stereocenters. The second kappa shape index (κ2) is 6.06. The lowest BCUT2D eigenvalue weighted by Gasteiger charge is -2.29. The SMILES string of the molecule is Cc1ccc(N)c(C(=O)N2CCCCCC2CO)c1. The van der Waals surface area contributed by atoms with Gasteiger partial charge in [-0.05, 0) is 31.9 Å². The van der Waals surface area contributed by atoms with Crippen molar-refractivity contribution < 1.29 is 9.90 Å². The Balaban J connectivity index is 2.27. The number of carbonyl (C=O) groups excluding carboxylic acids is 1. The number of hydrogen-bond acceptors (Lipinski definition) is 3. The van der Waals surface area contributed by atoms with Crippen molar-refractivity contribution in [3.05, 3.63) is 29.3 Å². The van der Waals surface area contributed by atoms with Gasteiger partial charge in [0.15, 0.2) is 0 Å². The van der Waals surface area contributed by atoms with Gasteiger partial charge in [-0.2, -0.15) is 0 Å². The van der Waals surface area contributed by atoms with Crippen LogP contribution in [0.3, 0.4) is 0 Å². The van der Waals surface area contributed by atoms with Gasteiger partial charge in [0.2, 0.25) is 0 Å². The number of likely N-dealkylation sites (tertiary alicyclic amines) is 1. The third-order valence-electron chi connectivity index (χ3n) is 3.79. The van der Waals surface area contributed by atoms with Crippen LogP contribution in [0.25, 0.3) is 0 Å². The Morgan fingerprint density at radius 1 is 1.42 bits per heavy atom. The van der Waals surface area contributed by atoms with Crippen molar-refractivity contribution in [2.45, 2.75) is 38.6 Å². The lowest BCUT2D eigenvalue weighted by atomic mass is 10.1. The van der Waals surface area contributed by atoms with Crippen molar-refractivity contribution in [2.24, 2.45) is 0 Å². The van der Waals surface area contributed by atoms with Gasteiger partial charge < -0.3 is 15.7 Å². The number of nitrogens with two attached hydrogens (primary N) is 1. The molecule has 1 aromatic rings. The molecule has 0 spiro atoms. The fourth-order valence-corrected chi connectivity index (χ4v) is 2.64. The Bertz CT molecular complexity index is 459. The van der Waals surface area contributed by atoms with Crippen LogP contribution in [0, 0.1) is 6.92 Å². The van der Waals surface area contributed by atoms with Crippen LogP contribution < -0.4 is 5.73 Å². The molecule has 4 heteroatoms. The van der Waals surface area contributed by atoms with Crippen molar-refractivity contribution in [1.82, 2.24) is 4.90 Å². The first kappa shape index (κ1) is 13.9. The van der Waals surface area contributed by atoms with E-state index in [2.05, 4.69) is 0 Å². The number of anilines is 1. The van der Waals surface area contributed by atoms with Crippen molar-refractivity contribution in [1.29, 1.82) is 0 Å². The molecular formula is C15H22N2O2. The highest BCUT2D eigenvalue weighted by Gasteiger charge is 2.26. The summed E-state index contributed by atoms with van der Waals surface area (Å²) in [6.07, 6.45) is 4.05. The van der Waals surface area contributed by atoms with Crippen molar-refractivity contribution in [2.75, 3.05) is 18.9 Å². The standard InChI is InChI=1S/C15H22N2O2/c1-11-6-7-14(16)13(9-11)15(19)17-8-4-2-3-5-12(17)10-18/h6-7,9,12,18H,2-5,8,10,16H2,1H3. The van der Waals surface area contributed by atoms with Gasteiger partial charge >= 0.3 is 0 Å². The van der Waals surface area contributed by atoms with E-state index in [1.165, 1.54) is 0 Å². The lowest BCUT2D eigenvalue weighted by molar-refractivity contribution is 0.0601.